The lowest BCUT2D eigenvalue weighted by atomic mass is 10.0. The number of aromatic hydroxyl groups is 1. The summed E-state index contributed by atoms with van der Waals surface area (Å²) in [4.78, 5) is 13.6. The lowest BCUT2D eigenvalue weighted by Crippen LogP contribution is -2.30. The van der Waals surface area contributed by atoms with E-state index in [2.05, 4.69) is 0 Å². The van der Waals surface area contributed by atoms with E-state index >= 15 is 0 Å². The van der Waals surface area contributed by atoms with Crippen molar-refractivity contribution in [2.75, 3.05) is 13.1 Å². The van der Waals surface area contributed by atoms with Crippen LogP contribution in [0.1, 0.15) is 23.7 Å². The molecule has 0 aliphatic carbocycles. The molecule has 1 aliphatic heterocycles. The second-order valence-corrected chi connectivity index (χ2v) is 4.70. The fraction of sp³-hybridized carbons (Fsp3) is 0.462. The maximum atomic E-state index is 13.1. The van der Waals surface area contributed by atoms with Gasteiger partial charge in [0.25, 0.3) is 5.91 Å². The maximum absolute atomic E-state index is 13.1. The zero-order valence-electron chi connectivity index (χ0n) is 10.1. The van der Waals surface area contributed by atoms with Crippen LogP contribution in [0.2, 0.25) is 0 Å². The summed E-state index contributed by atoms with van der Waals surface area (Å²) in [5.41, 5.74) is -0.0266. The van der Waals surface area contributed by atoms with Crippen LogP contribution in [-0.2, 0) is 0 Å². The number of rotatable bonds is 2. The summed E-state index contributed by atoms with van der Waals surface area (Å²) in [5, 5.41) is 19.1. The van der Waals surface area contributed by atoms with Crippen LogP contribution in [0.25, 0.3) is 0 Å². The van der Waals surface area contributed by atoms with Gasteiger partial charge in [-0.25, -0.2) is 4.39 Å². The van der Waals surface area contributed by atoms with Crippen LogP contribution in [0, 0.1) is 11.7 Å². The Labute approximate surface area is 105 Å². The lowest BCUT2D eigenvalue weighted by Gasteiger charge is -2.18. The molecule has 4 nitrogen and oxygen atoms in total. The van der Waals surface area contributed by atoms with Gasteiger partial charge in [-0.2, -0.15) is 0 Å². The van der Waals surface area contributed by atoms with E-state index < -0.39 is 17.8 Å². The molecule has 2 rings (SSSR count). The Bertz CT molecular complexity index is 462. The summed E-state index contributed by atoms with van der Waals surface area (Å²) in [6, 6.07) is 3.31. The molecule has 1 aromatic carbocycles. The van der Waals surface area contributed by atoms with Crippen LogP contribution in [-0.4, -0.2) is 40.2 Å². The van der Waals surface area contributed by atoms with E-state index in [-0.39, 0.29) is 17.2 Å². The van der Waals surface area contributed by atoms with Crippen molar-refractivity contribution in [3.63, 3.8) is 0 Å². The first-order valence-corrected chi connectivity index (χ1v) is 5.95. The van der Waals surface area contributed by atoms with Gasteiger partial charge < -0.3 is 15.1 Å². The maximum Gasteiger partial charge on any atom is 0.257 e. The number of nitrogens with zero attached hydrogens (tertiary/aromatic N) is 1. The minimum absolute atomic E-state index is 0.0266. The summed E-state index contributed by atoms with van der Waals surface area (Å²) in [6.07, 6.45) is 0.253. The molecule has 0 saturated carbocycles. The predicted octanol–water partition coefficient (Wildman–Crippen LogP) is 1.37. The van der Waals surface area contributed by atoms with Crippen molar-refractivity contribution in [3.8, 4) is 5.75 Å². The molecule has 0 spiro atoms. The minimum atomic E-state index is -0.553. The molecule has 0 radical (unpaired) electrons. The van der Waals surface area contributed by atoms with E-state index in [1.54, 1.807) is 6.92 Å². The third-order valence-electron chi connectivity index (χ3n) is 3.38. The van der Waals surface area contributed by atoms with Gasteiger partial charge in [-0.1, -0.05) is 0 Å². The number of carbonyl (C=O) groups is 1. The second kappa shape index (κ2) is 4.94. The van der Waals surface area contributed by atoms with Crippen molar-refractivity contribution < 1.29 is 19.4 Å². The molecule has 1 amide bonds. The van der Waals surface area contributed by atoms with Crippen LogP contribution < -0.4 is 0 Å². The van der Waals surface area contributed by atoms with Gasteiger partial charge in [0, 0.05) is 19.0 Å². The standard InChI is InChI=1S/C13H16FNO3/c1-8(16)9-4-5-15(7-9)13(18)11-6-10(14)2-3-12(11)17/h2-3,6,8-9,16-17H,4-5,7H2,1H3. The molecular weight excluding hydrogens is 237 g/mol. The van der Waals surface area contributed by atoms with Gasteiger partial charge in [0.05, 0.1) is 11.7 Å². The number of aliphatic hydroxyl groups is 1. The summed E-state index contributed by atoms with van der Waals surface area (Å²) in [6.45, 7) is 2.65. The van der Waals surface area contributed by atoms with Gasteiger partial charge in [-0.05, 0) is 31.5 Å². The Morgan fingerprint density at radius 1 is 1.56 bits per heavy atom. The Hall–Kier alpha value is -1.62. The third-order valence-corrected chi connectivity index (χ3v) is 3.38. The van der Waals surface area contributed by atoms with Crippen molar-refractivity contribution >= 4 is 5.91 Å². The Morgan fingerprint density at radius 2 is 2.28 bits per heavy atom. The van der Waals surface area contributed by atoms with Crippen molar-refractivity contribution in [3.05, 3.63) is 29.6 Å². The molecule has 1 heterocycles. The van der Waals surface area contributed by atoms with Gasteiger partial charge >= 0.3 is 0 Å². The molecule has 0 bridgehead atoms. The van der Waals surface area contributed by atoms with Crippen LogP contribution in [0.5, 0.6) is 5.75 Å². The highest BCUT2D eigenvalue weighted by Crippen LogP contribution is 2.25. The number of carbonyl (C=O) groups excluding carboxylic acids is 1. The van der Waals surface area contributed by atoms with Crippen LogP contribution in [0.15, 0.2) is 18.2 Å². The molecule has 2 atom stereocenters. The summed E-state index contributed by atoms with van der Waals surface area (Å²) in [7, 11) is 0. The monoisotopic (exact) mass is 253 g/mol. The quantitative estimate of drug-likeness (QED) is 0.837. The number of halogens is 1. The highest BCUT2D eigenvalue weighted by Gasteiger charge is 2.30. The Kier molecular flexibility index (Phi) is 3.52. The number of likely N-dealkylation sites (tertiary alicyclic amines) is 1. The highest BCUT2D eigenvalue weighted by atomic mass is 19.1. The van der Waals surface area contributed by atoms with Crippen molar-refractivity contribution in [2.45, 2.75) is 19.4 Å². The fourth-order valence-electron chi connectivity index (χ4n) is 2.22. The van der Waals surface area contributed by atoms with E-state index in [1.807, 2.05) is 0 Å². The molecule has 0 aromatic heterocycles. The zero-order chi connectivity index (χ0) is 13.3. The minimum Gasteiger partial charge on any atom is -0.507 e. The molecule has 1 aliphatic rings. The fourth-order valence-corrected chi connectivity index (χ4v) is 2.22. The topological polar surface area (TPSA) is 60.8 Å². The normalized spacial score (nSPS) is 21.1. The number of benzene rings is 1. The molecule has 1 fully saturated rings. The smallest absolute Gasteiger partial charge is 0.257 e. The summed E-state index contributed by atoms with van der Waals surface area (Å²) in [5.74, 6) is -1.12. The molecule has 18 heavy (non-hydrogen) atoms. The van der Waals surface area contributed by atoms with E-state index in [0.29, 0.717) is 13.1 Å². The van der Waals surface area contributed by atoms with E-state index in [4.69, 9.17) is 0 Å². The largest absolute Gasteiger partial charge is 0.507 e. The molecule has 2 unspecified atom stereocenters. The van der Waals surface area contributed by atoms with Crippen molar-refractivity contribution in [1.82, 2.24) is 4.90 Å². The number of phenols is 1. The first-order chi connectivity index (χ1) is 8.49. The highest BCUT2D eigenvalue weighted by molar-refractivity contribution is 5.97. The first kappa shape index (κ1) is 12.8. The Balaban J connectivity index is 2.15. The number of aliphatic hydroxyl groups excluding tert-OH is 1. The summed E-state index contributed by atoms with van der Waals surface area (Å²) < 4.78 is 13.1. The van der Waals surface area contributed by atoms with Gasteiger partial charge in [0.1, 0.15) is 11.6 Å². The zero-order valence-corrected chi connectivity index (χ0v) is 10.1. The number of hydrogen-bond acceptors (Lipinski definition) is 3. The molecule has 98 valence electrons. The number of hydrogen-bond donors (Lipinski definition) is 2. The second-order valence-electron chi connectivity index (χ2n) is 4.70. The van der Waals surface area contributed by atoms with E-state index in [9.17, 15) is 19.4 Å². The van der Waals surface area contributed by atoms with Gasteiger partial charge in [-0.15, -0.1) is 0 Å². The third kappa shape index (κ3) is 2.46. The number of amides is 1. The first-order valence-electron chi connectivity index (χ1n) is 5.95. The van der Waals surface area contributed by atoms with Gasteiger partial charge in [0.2, 0.25) is 0 Å². The average Bonchev–Trinajstić information content (AvgIpc) is 2.81. The molecule has 5 heteroatoms. The van der Waals surface area contributed by atoms with E-state index in [0.717, 1.165) is 18.6 Å². The molecule has 1 aromatic rings. The number of phenolic OH excluding ortho intramolecular Hbond substituents is 1. The van der Waals surface area contributed by atoms with Crippen LogP contribution in [0.3, 0.4) is 0 Å². The van der Waals surface area contributed by atoms with Crippen molar-refractivity contribution in [2.24, 2.45) is 5.92 Å². The molecule has 1 saturated heterocycles. The van der Waals surface area contributed by atoms with E-state index in [1.165, 1.54) is 11.0 Å². The lowest BCUT2D eigenvalue weighted by molar-refractivity contribution is 0.0759. The molecular formula is C13H16FNO3. The Morgan fingerprint density at radius 3 is 2.89 bits per heavy atom. The van der Waals surface area contributed by atoms with Gasteiger partial charge in [0.15, 0.2) is 0 Å². The average molecular weight is 253 g/mol. The van der Waals surface area contributed by atoms with Crippen LogP contribution in [0.4, 0.5) is 4.39 Å². The molecule has 2 N–H and O–H groups in total. The predicted molar refractivity (Wildman–Crippen MR) is 63.8 cm³/mol. The van der Waals surface area contributed by atoms with Gasteiger partial charge in [-0.3, -0.25) is 4.79 Å². The van der Waals surface area contributed by atoms with Crippen molar-refractivity contribution in [1.29, 1.82) is 0 Å². The SMILES string of the molecule is CC(O)C1CCN(C(=O)c2cc(F)ccc2O)C1. The van der Waals surface area contributed by atoms with Crippen LogP contribution >= 0.6 is 0 Å². The summed E-state index contributed by atoms with van der Waals surface area (Å²) >= 11 is 0.